The molecule has 3 rings (SSSR count). The topological polar surface area (TPSA) is 49.6 Å². The fourth-order valence-electron chi connectivity index (χ4n) is 4.19. The molecule has 3 heterocycles. The second-order valence-electron chi connectivity index (χ2n) is 6.61. The number of aryl methyl sites for hydroxylation is 2. The summed E-state index contributed by atoms with van der Waals surface area (Å²) in [5.74, 6) is 1.01. The van der Waals surface area contributed by atoms with E-state index >= 15 is 0 Å². The van der Waals surface area contributed by atoms with Crippen LogP contribution in [0.25, 0.3) is 0 Å². The molecular formula is C17H27N3O2. The molecule has 0 saturated carbocycles. The molecule has 0 aliphatic carbocycles. The van der Waals surface area contributed by atoms with E-state index < -0.39 is 0 Å². The molecule has 2 aliphatic heterocycles. The molecule has 1 aromatic rings. The molecule has 0 unspecified atom stereocenters. The van der Waals surface area contributed by atoms with Gasteiger partial charge in [0, 0.05) is 24.2 Å². The van der Waals surface area contributed by atoms with Gasteiger partial charge in [-0.15, -0.1) is 0 Å². The summed E-state index contributed by atoms with van der Waals surface area (Å²) in [7, 11) is 0. The van der Waals surface area contributed by atoms with Crippen LogP contribution in [0.2, 0.25) is 0 Å². The van der Waals surface area contributed by atoms with Crippen LogP contribution in [-0.2, 0) is 11.2 Å². The number of hydrogen-bond donors (Lipinski definition) is 0. The van der Waals surface area contributed by atoms with Gasteiger partial charge in [-0.2, -0.15) is 0 Å². The van der Waals surface area contributed by atoms with Crippen molar-refractivity contribution in [2.24, 2.45) is 0 Å². The van der Waals surface area contributed by atoms with Crippen LogP contribution in [0.3, 0.4) is 0 Å². The number of hydrogen-bond acceptors (Lipinski definition) is 4. The van der Waals surface area contributed by atoms with Crippen molar-refractivity contribution in [2.75, 3.05) is 19.6 Å². The van der Waals surface area contributed by atoms with Crippen molar-refractivity contribution < 1.29 is 9.32 Å². The molecule has 0 N–H and O–H groups in total. The van der Waals surface area contributed by atoms with Crippen LogP contribution >= 0.6 is 0 Å². The van der Waals surface area contributed by atoms with E-state index in [-0.39, 0.29) is 5.91 Å². The fourth-order valence-corrected chi connectivity index (χ4v) is 4.19. The SMILES string of the molecule is CCN1CCC[C@@H]1[C@@H]1CCCN1C(=O)Cc1c(C)noc1C. The molecule has 122 valence electrons. The van der Waals surface area contributed by atoms with Gasteiger partial charge in [0.25, 0.3) is 0 Å². The summed E-state index contributed by atoms with van der Waals surface area (Å²) in [6.07, 6.45) is 5.20. The zero-order valence-electron chi connectivity index (χ0n) is 14.0. The number of nitrogens with zero attached hydrogens (tertiary/aromatic N) is 3. The van der Waals surface area contributed by atoms with Crippen LogP contribution in [0.15, 0.2) is 4.52 Å². The summed E-state index contributed by atoms with van der Waals surface area (Å²) in [6, 6.07) is 0.955. The molecule has 1 aromatic heterocycles. The lowest BCUT2D eigenvalue weighted by molar-refractivity contribution is -0.132. The monoisotopic (exact) mass is 305 g/mol. The van der Waals surface area contributed by atoms with Crippen molar-refractivity contribution in [3.8, 4) is 0 Å². The molecule has 2 saturated heterocycles. The molecule has 5 heteroatoms. The van der Waals surface area contributed by atoms with E-state index in [0.717, 1.165) is 42.9 Å². The second kappa shape index (κ2) is 6.41. The molecular weight excluding hydrogens is 278 g/mol. The first-order chi connectivity index (χ1) is 10.6. The predicted octanol–water partition coefficient (Wildman–Crippen LogP) is 2.31. The maximum absolute atomic E-state index is 12.8. The summed E-state index contributed by atoms with van der Waals surface area (Å²) >= 11 is 0. The normalized spacial score (nSPS) is 26.0. The number of rotatable bonds is 4. The van der Waals surface area contributed by atoms with Gasteiger partial charge in [0.15, 0.2) is 0 Å². The van der Waals surface area contributed by atoms with Gasteiger partial charge in [0.05, 0.1) is 12.1 Å². The van der Waals surface area contributed by atoms with E-state index in [1.165, 1.54) is 19.4 Å². The third-order valence-electron chi connectivity index (χ3n) is 5.39. The van der Waals surface area contributed by atoms with Gasteiger partial charge in [-0.25, -0.2) is 0 Å². The maximum atomic E-state index is 12.8. The minimum absolute atomic E-state index is 0.236. The van der Waals surface area contributed by atoms with Gasteiger partial charge in [0.1, 0.15) is 5.76 Å². The van der Waals surface area contributed by atoms with Gasteiger partial charge in [-0.1, -0.05) is 12.1 Å². The molecule has 5 nitrogen and oxygen atoms in total. The van der Waals surface area contributed by atoms with Crippen LogP contribution in [0, 0.1) is 13.8 Å². The average Bonchev–Trinajstić information content (AvgIpc) is 3.21. The number of likely N-dealkylation sites (N-methyl/N-ethyl adjacent to an activating group) is 1. The van der Waals surface area contributed by atoms with Crippen LogP contribution in [-0.4, -0.2) is 52.6 Å². The Morgan fingerprint density at radius 1 is 1.23 bits per heavy atom. The zero-order valence-corrected chi connectivity index (χ0v) is 14.0. The molecule has 22 heavy (non-hydrogen) atoms. The van der Waals surface area contributed by atoms with Crippen molar-refractivity contribution in [1.82, 2.24) is 15.0 Å². The summed E-state index contributed by atoms with van der Waals surface area (Å²) in [5, 5.41) is 3.96. The Labute approximate surface area is 132 Å². The second-order valence-corrected chi connectivity index (χ2v) is 6.61. The lowest BCUT2D eigenvalue weighted by atomic mass is 10.0. The highest BCUT2D eigenvalue weighted by atomic mass is 16.5. The van der Waals surface area contributed by atoms with E-state index in [2.05, 4.69) is 21.9 Å². The summed E-state index contributed by atoms with van der Waals surface area (Å²) in [4.78, 5) is 17.5. The number of amides is 1. The Morgan fingerprint density at radius 3 is 2.64 bits per heavy atom. The van der Waals surface area contributed by atoms with Crippen LogP contribution < -0.4 is 0 Å². The largest absolute Gasteiger partial charge is 0.361 e. The van der Waals surface area contributed by atoms with Crippen molar-refractivity contribution in [2.45, 2.75) is 65.0 Å². The highest BCUT2D eigenvalue weighted by molar-refractivity contribution is 5.80. The van der Waals surface area contributed by atoms with E-state index in [9.17, 15) is 4.79 Å². The van der Waals surface area contributed by atoms with Crippen molar-refractivity contribution in [3.05, 3.63) is 17.0 Å². The lowest BCUT2D eigenvalue weighted by Crippen LogP contribution is -2.48. The first kappa shape index (κ1) is 15.5. The molecule has 0 bridgehead atoms. The van der Waals surface area contributed by atoms with Gasteiger partial charge in [-0.3, -0.25) is 9.69 Å². The van der Waals surface area contributed by atoms with Crippen LogP contribution in [0.1, 0.15) is 49.6 Å². The number of carbonyl (C=O) groups is 1. The highest BCUT2D eigenvalue weighted by Crippen LogP contribution is 2.30. The van der Waals surface area contributed by atoms with E-state index in [4.69, 9.17) is 4.52 Å². The molecule has 2 aliphatic rings. The van der Waals surface area contributed by atoms with Crippen molar-refractivity contribution in [1.29, 1.82) is 0 Å². The maximum Gasteiger partial charge on any atom is 0.227 e. The quantitative estimate of drug-likeness (QED) is 0.856. The predicted molar refractivity (Wildman–Crippen MR) is 84.7 cm³/mol. The minimum Gasteiger partial charge on any atom is -0.361 e. The Kier molecular flexibility index (Phi) is 4.52. The fraction of sp³-hybridized carbons (Fsp3) is 0.765. The third-order valence-corrected chi connectivity index (χ3v) is 5.39. The Morgan fingerprint density at radius 2 is 1.95 bits per heavy atom. The third kappa shape index (κ3) is 2.78. The molecule has 1 amide bonds. The molecule has 2 fully saturated rings. The molecule has 0 spiro atoms. The van der Waals surface area contributed by atoms with Gasteiger partial charge >= 0.3 is 0 Å². The lowest BCUT2D eigenvalue weighted by Gasteiger charge is -2.34. The number of likely N-dealkylation sites (tertiary alicyclic amines) is 2. The minimum atomic E-state index is 0.236. The average molecular weight is 305 g/mol. The summed E-state index contributed by atoms with van der Waals surface area (Å²) in [5.41, 5.74) is 1.81. The van der Waals surface area contributed by atoms with Crippen molar-refractivity contribution >= 4 is 5.91 Å². The van der Waals surface area contributed by atoms with Crippen molar-refractivity contribution in [3.63, 3.8) is 0 Å². The van der Waals surface area contributed by atoms with Gasteiger partial charge in [-0.05, 0) is 52.6 Å². The Hall–Kier alpha value is -1.36. The number of carbonyl (C=O) groups excluding carboxylic acids is 1. The molecule has 0 aromatic carbocycles. The molecule has 0 radical (unpaired) electrons. The standard InChI is InChI=1S/C17H27N3O2/c1-4-19-9-5-7-15(19)16-8-6-10-20(16)17(21)11-14-12(2)18-22-13(14)3/h15-16H,4-11H2,1-3H3/t15-,16+/m1/s1. The summed E-state index contributed by atoms with van der Waals surface area (Å²) in [6.45, 7) is 9.21. The van der Waals surface area contributed by atoms with E-state index in [1.54, 1.807) is 0 Å². The van der Waals surface area contributed by atoms with Gasteiger partial charge < -0.3 is 9.42 Å². The Bertz CT molecular complexity index is 521. The van der Waals surface area contributed by atoms with E-state index in [1.807, 2.05) is 13.8 Å². The highest BCUT2D eigenvalue weighted by Gasteiger charge is 2.39. The first-order valence-corrected chi connectivity index (χ1v) is 8.57. The Balaban J connectivity index is 1.71. The zero-order chi connectivity index (χ0) is 15.7. The van der Waals surface area contributed by atoms with E-state index in [0.29, 0.717) is 18.5 Å². The van der Waals surface area contributed by atoms with Crippen LogP contribution in [0.5, 0.6) is 0 Å². The smallest absolute Gasteiger partial charge is 0.227 e. The first-order valence-electron chi connectivity index (χ1n) is 8.57. The molecule has 2 atom stereocenters. The number of aromatic nitrogens is 1. The van der Waals surface area contributed by atoms with Crippen LogP contribution in [0.4, 0.5) is 0 Å². The van der Waals surface area contributed by atoms with Gasteiger partial charge in [0.2, 0.25) is 5.91 Å². The summed E-state index contributed by atoms with van der Waals surface area (Å²) < 4.78 is 5.19.